The highest BCUT2D eigenvalue weighted by molar-refractivity contribution is 9.11. The molecule has 1 unspecified atom stereocenters. The van der Waals surface area contributed by atoms with E-state index in [1.807, 2.05) is 11.8 Å². The second kappa shape index (κ2) is 6.93. The van der Waals surface area contributed by atoms with Crippen LogP contribution in [0.3, 0.4) is 0 Å². The maximum atomic E-state index is 12.3. The van der Waals surface area contributed by atoms with E-state index < -0.39 is 10.0 Å². The average molecular weight is 429 g/mol. The van der Waals surface area contributed by atoms with Gasteiger partial charge in [0.2, 0.25) is 10.0 Å². The molecule has 0 aromatic heterocycles. The Hall–Kier alpha value is 0.440. The van der Waals surface area contributed by atoms with Gasteiger partial charge in [-0.2, -0.15) is 11.8 Å². The molecule has 0 radical (unpaired) electrons. The summed E-state index contributed by atoms with van der Waals surface area (Å²) in [5, 5.41) is 0.398. The monoisotopic (exact) mass is 427 g/mol. The van der Waals surface area contributed by atoms with Crippen molar-refractivity contribution in [3.05, 3.63) is 27.1 Å². The summed E-state index contributed by atoms with van der Waals surface area (Å²) in [5.41, 5.74) is 0. The third-order valence-electron chi connectivity index (χ3n) is 2.96. The smallest absolute Gasteiger partial charge is 0.210 e. The Morgan fingerprint density at radius 3 is 2.79 bits per heavy atom. The number of thioether (sulfide) groups is 1. The van der Waals surface area contributed by atoms with Gasteiger partial charge in [0.25, 0.3) is 0 Å². The summed E-state index contributed by atoms with van der Waals surface area (Å²) in [6.45, 7) is 0.506. The fourth-order valence-corrected chi connectivity index (χ4v) is 5.86. The van der Waals surface area contributed by atoms with Gasteiger partial charge in [0.05, 0.1) is 4.90 Å². The number of benzene rings is 1. The van der Waals surface area contributed by atoms with E-state index in [0.29, 0.717) is 16.3 Å². The zero-order valence-electron chi connectivity index (χ0n) is 10.2. The lowest BCUT2D eigenvalue weighted by molar-refractivity contribution is 0.573. The van der Waals surface area contributed by atoms with Crippen LogP contribution in [0.4, 0.5) is 0 Å². The van der Waals surface area contributed by atoms with Crippen molar-refractivity contribution in [2.45, 2.75) is 29.4 Å². The third-order valence-corrected chi connectivity index (χ3v) is 7.27. The summed E-state index contributed by atoms with van der Waals surface area (Å²) in [6.07, 6.45) is 3.53. The second-order valence-electron chi connectivity index (χ2n) is 4.42. The SMILES string of the molecule is O=S(=O)(NCC1CCCCS1)c1cc(Br)ccc1Br. The first-order valence-corrected chi connectivity index (χ1v) is 10.2. The van der Waals surface area contributed by atoms with Crippen molar-refractivity contribution in [1.29, 1.82) is 0 Å². The van der Waals surface area contributed by atoms with E-state index in [4.69, 9.17) is 0 Å². The van der Waals surface area contributed by atoms with Crippen LogP contribution in [0.15, 0.2) is 32.0 Å². The van der Waals surface area contributed by atoms with Crippen LogP contribution in [0.2, 0.25) is 0 Å². The molecule has 1 N–H and O–H groups in total. The van der Waals surface area contributed by atoms with Crippen molar-refractivity contribution >= 4 is 53.6 Å². The molecule has 2 rings (SSSR count). The Balaban J connectivity index is 2.07. The predicted octanol–water partition coefficient (Wildman–Crippen LogP) is 3.78. The number of hydrogen-bond acceptors (Lipinski definition) is 3. The van der Waals surface area contributed by atoms with Crippen molar-refractivity contribution in [2.24, 2.45) is 0 Å². The van der Waals surface area contributed by atoms with E-state index in [1.165, 1.54) is 12.8 Å². The Kier molecular flexibility index (Phi) is 5.77. The first-order valence-electron chi connectivity index (χ1n) is 6.05. The van der Waals surface area contributed by atoms with Crippen molar-refractivity contribution < 1.29 is 8.42 Å². The van der Waals surface area contributed by atoms with E-state index in [-0.39, 0.29) is 4.90 Å². The first-order chi connectivity index (χ1) is 8.99. The van der Waals surface area contributed by atoms with Crippen molar-refractivity contribution in [3.8, 4) is 0 Å². The Bertz CT molecular complexity index is 543. The molecule has 1 aliphatic rings. The molecule has 0 bridgehead atoms. The highest BCUT2D eigenvalue weighted by Gasteiger charge is 2.21. The maximum absolute atomic E-state index is 12.3. The van der Waals surface area contributed by atoms with Gasteiger partial charge in [0.1, 0.15) is 0 Å². The molecule has 1 heterocycles. The number of halogens is 2. The summed E-state index contributed by atoms with van der Waals surface area (Å²) in [6, 6.07) is 5.15. The molecule has 7 heteroatoms. The first kappa shape index (κ1) is 15.8. The fraction of sp³-hybridized carbons (Fsp3) is 0.500. The lowest BCUT2D eigenvalue weighted by Gasteiger charge is -2.21. The minimum atomic E-state index is -3.45. The quantitative estimate of drug-likeness (QED) is 0.793. The molecular weight excluding hydrogens is 414 g/mol. The molecule has 1 atom stereocenters. The van der Waals surface area contributed by atoms with E-state index in [0.717, 1.165) is 16.6 Å². The third kappa shape index (κ3) is 4.46. The van der Waals surface area contributed by atoms with Crippen LogP contribution in [0.25, 0.3) is 0 Å². The number of nitrogens with one attached hydrogen (secondary N) is 1. The van der Waals surface area contributed by atoms with Gasteiger partial charge in [-0.05, 0) is 52.7 Å². The van der Waals surface area contributed by atoms with Crippen LogP contribution in [0.1, 0.15) is 19.3 Å². The lowest BCUT2D eigenvalue weighted by Crippen LogP contribution is -2.32. The van der Waals surface area contributed by atoms with Crippen LogP contribution >= 0.6 is 43.6 Å². The van der Waals surface area contributed by atoms with E-state index >= 15 is 0 Å². The van der Waals surface area contributed by atoms with Gasteiger partial charge < -0.3 is 0 Å². The van der Waals surface area contributed by atoms with Gasteiger partial charge in [-0.15, -0.1) is 0 Å². The van der Waals surface area contributed by atoms with E-state index in [1.54, 1.807) is 18.2 Å². The second-order valence-corrected chi connectivity index (χ2v) is 9.33. The summed E-state index contributed by atoms with van der Waals surface area (Å²) < 4.78 is 28.6. The minimum Gasteiger partial charge on any atom is -0.210 e. The molecule has 1 aromatic carbocycles. The van der Waals surface area contributed by atoms with Crippen LogP contribution in [0.5, 0.6) is 0 Å². The largest absolute Gasteiger partial charge is 0.241 e. The molecule has 0 amide bonds. The number of hydrogen-bond donors (Lipinski definition) is 1. The Morgan fingerprint density at radius 2 is 2.11 bits per heavy atom. The lowest BCUT2D eigenvalue weighted by atomic mass is 10.2. The number of rotatable bonds is 4. The summed E-state index contributed by atoms with van der Waals surface area (Å²) in [4.78, 5) is 0.280. The highest BCUT2D eigenvalue weighted by Crippen LogP contribution is 2.27. The van der Waals surface area contributed by atoms with Gasteiger partial charge in [-0.3, -0.25) is 0 Å². The molecule has 106 valence electrons. The highest BCUT2D eigenvalue weighted by atomic mass is 79.9. The summed E-state index contributed by atoms with van der Waals surface area (Å²) in [7, 11) is -3.45. The van der Waals surface area contributed by atoms with Gasteiger partial charge in [-0.25, -0.2) is 13.1 Å². The molecule has 1 saturated heterocycles. The molecule has 0 aliphatic carbocycles. The molecule has 1 fully saturated rings. The topological polar surface area (TPSA) is 46.2 Å². The average Bonchev–Trinajstić information content (AvgIpc) is 2.40. The number of sulfonamides is 1. The van der Waals surface area contributed by atoms with E-state index in [2.05, 4.69) is 36.6 Å². The maximum Gasteiger partial charge on any atom is 0.241 e. The predicted molar refractivity (Wildman–Crippen MR) is 87.1 cm³/mol. The standard InChI is InChI=1S/C12H15Br2NO2S2/c13-9-4-5-11(14)12(7-9)19(16,17)15-8-10-3-1-2-6-18-10/h4-5,7,10,15H,1-3,6,8H2. The van der Waals surface area contributed by atoms with Gasteiger partial charge >= 0.3 is 0 Å². The Labute approximate surface area is 135 Å². The summed E-state index contributed by atoms with van der Waals surface area (Å²) >= 11 is 8.44. The van der Waals surface area contributed by atoms with Gasteiger partial charge in [0, 0.05) is 20.7 Å². The zero-order valence-corrected chi connectivity index (χ0v) is 15.0. The molecule has 1 aromatic rings. The van der Waals surface area contributed by atoms with Crippen molar-refractivity contribution in [3.63, 3.8) is 0 Å². The van der Waals surface area contributed by atoms with Gasteiger partial charge in [-0.1, -0.05) is 22.4 Å². The fourth-order valence-electron chi connectivity index (χ4n) is 1.93. The molecule has 0 spiro atoms. The zero-order chi connectivity index (χ0) is 13.9. The Morgan fingerprint density at radius 1 is 1.32 bits per heavy atom. The van der Waals surface area contributed by atoms with Crippen LogP contribution in [-0.2, 0) is 10.0 Å². The van der Waals surface area contributed by atoms with Crippen molar-refractivity contribution in [2.75, 3.05) is 12.3 Å². The molecular formula is C12H15Br2NO2S2. The minimum absolute atomic E-state index is 0.280. The molecule has 3 nitrogen and oxygen atoms in total. The van der Waals surface area contributed by atoms with Crippen LogP contribution in [0, 0.1) is 0 Å². The van der Waals surface area contributed by atoms with Crippen LogP contribution < -0.4 is 4.72 Å². The van der Waals surface area contributed by atoms with E-state index in [9.17, 15) is 8.42 Å². The van der Waals surface area contributed by atoms with Crippen LogP contribution in [-0.4, -0.2) is 26.0 Å². The summed E-state index contributed by atoms with van der Waals surface area (Å²) in [5.74, 6) is 1.13. The molecule has 0 saturated carbocycles. The van der Waals surface area contributed by atoms with Crippen molar-refractivity contribution in [1.82, 2.24) is 4.72 Å². The molecule has 19 heavy (non-hydrogen) atoms. The normalized spacial score (nSPS) is 20.4. The van der Waals surface area contributed by atoms with Gasteiger partial charge in [0.15, 0.2) is 0 Å². The molecule has 1 aliphatic heterocycles.